The fourth-order valence-corrected chi connectivity index (χ4v) is 2.73. The largest absolute Gasteiger partial charge is 0.507 e. The van der Waals surface area contributed by atoms with Crippen LogP contribution >= 0.6 is 0 Å². The Labute approximate surface area is 136 Å². The summed E-state index contributed by atoms with van der Waals surface area (Å²) in [5.74, 6) is -1.28. The minimum atomic E-state index is -1.20. The van der Waals surface area contributed by atoms with Gasteiger partial charge >= 0.3 is 5.97 Å². The summed E-state index contributed by atoms with van der Waals surface area (Å²) in [4.78, 5) is 26.3. The summed E-state index contributed by atoms with van der Waals surface area (Å²) in [6, 6.07) is 9.11. The van der Waals surface area contributed by atoms with Gasteiger partial charge in [0, 0.05) is 28.8 Å². The number of carboxylic acid groups (broad SMARTS) is 1. The van der Waals surface area contributed by atoms with Gasteiger partial charge in [-0.05, 0) is 19.1 Å². The molecule has 24 heavy (non-hydrogen) atoms. The SMILES string of the molecule is Cc1c([N+](=O)[O-])ccc2c(-c3ccccc3O)c(C(=O)O)cnc12. The van der Waals surface area contributed by atoms with E-state index in [1.807, 2.05) is 0 Å². The van der Waals surface area contributed by atoms with E-state index >= 15 is 0 Å². The molecule has 0 aliphatic heterocycles. The Kier molecular flexibility index (Phi) is 3.61. The number of hydrogen-bond acceptors (Lipinski definition) is 5. The highest BCUT2D eigenvalue weighted by Crippen LogP contribution is 2.38. The molecule has 7 heteroatoms. The molecule has 0 radical (unpaired) electrons. The molecule has 2 aromatic carbocycles. The monoisotopic (exact) mass is 324 g/mol. The minimum Gasteiger partial charge on any atom is -0.507 e. The van der Waals surface area contributed by atoms with Crippen molar-refractivity contribution in [2.75, 3.05) is 0 Å². The molecule has 120 valence electrons. The first-order chi connectivity index (χ1) is 11.4. The number of aromatic carboxylic acids is 1. The third-order valence-corrected chi connectivity index (χ3v) is 3.86. The van der Waals surface area contributed by atoms with Crippen LogP contribution in [0.1, 0.15) is 15.9 Å². The normalized spacial score (nSPS) is 10.7. The van der Waals surface area contributed by atoms with Crippen LogP contribution in [0.15, 0.2) is 42.6 Å². The van der Waals surface area contributed by atoms with E-state index in [4.69, 9.17) is 0 Å². The molecule has 0 amide bonds. The van der Waals surface area contributed by atoms with Crippen molar-refractivity contribution in [2.24, 2.45) is 0 Å². The number of hydrogen-bond donors (Lipinski definition) is 2. The zero-order valence-electron chi connectivity index (χ0n) is 12.6. The number of aryl methyl sites for hydroxylation is 1. The lowest BCUT2D eigenvalue weighted by Gasteiger charge is -2.13. The van der Waals surface area contributed by atoms with Gasteiger partial charge in [-0.2, -0.15) is 0 Å². The molecule has 0 fully saturated rings. The smallest absolute Gasteiger partial charge is 0.337 e. The zero-order valence-corrected chi connectivity index (χ0v) is 12.6. The Morgan fingerprint density at radius 3 is 2.54 bits per heavy atom. The quantitative estimate of drug-likeness (QED) is 0.563. The van der Waals surface area contributed by atoms with Gasteiger partial charge in [-0.1, -0.05) is 18.2 Å². The molecule has 0 unspecified atom stereocenters. The Bertz CT molecular complexity index is 998. The molecule has 0 spiro atoms. The van der Waals surface area contributed by atoms with Crippen LogP contribution in [0, 0.1) is 17.0 Å². The number of phenols is 1. The standard InChI is InChI=1S/C17H12N2O5/c1-9-13(19(23)24)7-6-11-15(10-4-2-3-5-14(10)20)12(17(21)22)8-18-16(9)11/h2-8,20H,1H3,(H,21,22). The van der Waals surface area contributed by atoms with E-state index in [1.165, 1.54) is 18.2 Å². The Balaban J connectivity index is 2.47. The summed E-state index contributed by atoms with van der Waals surface area (Å²) in [6.45, 7) is 1.56. The van der Waals surface area contributed by atoms with Crippen molar-refractivity contribution < 1.29 is 19.9 Å². The second kappa shape index (κ2) is 5.62. The van der Waals surface area contributed by atoms with Crippen molar-refractivity contribution in [1.29, 1.82) is 0 Å². The number of carbonyl (C=O) groups is 1. The summed E-state index contributed by atoms with van der Waals surface area (Å²) in [5.41, 5.74) is 1.09. The number of aromatic nitrogens is 1. The summed E-state index contributed by atoms with van der Waals surface area (Å²) in [5, 5.41) is 31.1. The number of carboxylic acids is 1. The molecule has 3 rings (SSSR count). The van der Waals surface area contributed by atoms with E-state index < -0.39 is 10.9 Å². The average molecular weight is 324 g/mol. The first-order valence-corrected chi connectivity index (χ1v) is 7.00. The lowest BCUT2D eigenvalue weighted by atomic mass is 9.94. The maximum absolute atomic E-state index is 11.6. The highest BCUT2D eigenvalue weighted by molar-refractivity contribution is 6.08. The molecule has 0 bridgehead atoms. The van der Waals surface area contributed by atoms with Crippen LogP contribution in [0.3, 0.4) is 0 Å². The zero-order chi connectivity index (χ0) is 17.4. The molecule has 2 N–H and O–H groups in total. The van der Waals surface area contributed by atoms with Crippen molar-refractivity contribution >= 4 is 22.6 Å². The van der Waals surface area contributed by atoms with Crippen LogP contribution in [0.25, 0.3) is 22.0 Å². The van der Waals surface area contributed by atoms with Crippen LogP contribution < -0.4 is 0 Å². The van der Waals surface area contributed by atoms with Crippen LogP contribution in [-0.2, 0) is 0 Å². The van der Waals surface area contributed by atoms with Crippen molar-refractivity contribution in [1.82, 2.24) is 4.98 Å². The summed E-state index contributed by atoms with van der Waals surface area (Å²) in [7, 11) is 0. The molecule has 0 aliphatic rings. The van der Waals surface area contributed by atoms with Crippen molar-refractivity contribution in [2.45, 2.75) is 6.92 Å². The Morgan fingerprint density at radius 2 is 1.92 bits per heavy atom. The highest BCUT2D eigenvalue weighted by atomic mass is 16.6. The second-order valence-corrected chi connectivity index (χ2v) is 5.23. The molecule has 0 saturated carbocycles. The van der Waals surface area contributed by atoms with E-state index in [0.29, 0.717) is 22.0 Å². The van der Waals surface area contributed by atoms with Gasteiger partial charge in [0.25, 0.3) is 5.69 Å². The fraction of sp³-hybridized carbons (Fsp3) is 0.0588. The van der Waals surface area contributed by atoms with E-state index in [-0.39, 0.29) is 22.6 Å². The molecule has 3 aromatic rings. The second-order valence-electron chi connectivity index (χ2n) is 5.23. The summed E-state index contributed by atoms with van der Waals surface area (Å²) in [6.07, 6.45) is 1.16. The third-order valence-electron chi connectivity index (χ3n) is 3.86. The Morgan fingerprint density at radius 1 is 1.21 bits per heavy atom. The number of para-hydroxylation sites is 1. The minimum absolute atomic E-state index is 0.0801. The molecule has 0 saturated heterocycles. The van der Waals surface area contributed by atoms with Gasteiger partial charge in [0.2, 0.25) is 0 Å². The van der Waals surface area contributed by atoms with E-state index in [1.54, 1.807) is 25.1 Å². The third kappa shape index (κ3) is 2.32. The van der Waals surface area contributed by atoms with Crippen LogP contribution in [0.2, 0.25) is 0 Å². The van der Waals surface area contributed by atoms with Gasteiger partial charge in [0.1, 0.15) is 5.75 Å². The molecule has 0 aliphatic carbocycles. The van der Waals surface area contributed by atoms with Gasteiger partial charge in [-0.25, -0.2) is 4.79 Å². The first kappa shape index (κ1) is 15.4. The molecular formula is C17H12N2O5. The van der Waals surface area contributed by atoms with Crippen molar-refractivity contribution in [3.63, 3.8) is 0 Å². The van der Waals surface area contributed by atoms with E-state index in [9.17, 15) is 25.1 Å². The number of pyridine rings is 1. The molecular weight excluding hydrogens is 312 g/mol. The van der Waals surface area contributed by atoms with Gasteiger partial charge in [0.05, 0.1) is 21.6 Å². The van der Waals surface area contributed by atoms with E-state index in [2.05, 4.69) is 4.98 Å². The molecule has 0 atom stereocenters. The fourth-order valence-electron chi connectivity index (χ4n) is 2.73. The predicted molar refractivity (Wildman–Crippen MR) is 87.2 cm³/mol. The summed E-state index contributed by atoms with van der Waals surface area (Å²) < 4.78 is 0. The number of nitro groups is 1. The van der Waals surface area contributed by atoms with Crippen LogP contribution in [-0.4, -0.2) is 26.1 Å². The number of nitro benzene ring substituents is 1. The number of nitrogens with zero attached hydrogens (tertiary/aromatic N) is 2. The summed E-state index contributed by atoms with van der Waals surface area (Å²) >= 11 is 0. The number of fused-ring (bicyclic) bond motifs is 1. The van der Waals surface area contributed by atoms with Crippen LogP contribution in [0.4, 0.5) is 5.69 Å². The predicted octanol–water partition coefficient (Wildman–Crippen LogP) is 3.52. The van der Waals surface area contributed by atoms with Crippen molar-refractivity contribution in [3.05, 3.63) is 63.8 Å². The van der Waals surface area contributed by atoms with E-state index in [0.717, 1.165) is 6.20 Å². The maximum atomic E-state index is 11.6. The lowest BCUT2D eigenvalue weighted by Crippen LogP contribution is -2.03. The highest BCUT2D eigenvalue weighted by Gasteiger charge is 2.22. The van der Waals surface area contributed by atoms with Crippen LogP contribution in [0.5, 0.6) is 5.75 Å². The van der Waals surface area contributed by atoms with Crippen molar-refractivity contribution in [3.8, 4) is 16.9 Å². The molecule has 1 aromatic heterocycles. The molecule has 1 heterocycles. The maximum Gasteiger partial charge on any atom is 0.337 e. The Hall–Kier alpha value is -3.48. The number of phenolic OH excluding ortho intramolecular Hbond substituents is 1. The number of aromatic hydroxyl groups is 1. The topological polar surface area (TPSA) is 114 Å². The average Bonchev–Trinajstić information content (AvgIpc) is 2.54. The molecule has 7 nitrogen and oxygen atoms in total. The number of benzene rings is 2. The van der Waals surface area contributed by atoms with Gasteiger partial charge in [0.15, 0.2) is 0 Å². The van der Waals surface area contributed by atoms with Gasteiger partial charge in [-0.15, -0.1) is 0 Å². The van der Waals surface area contributed by atoms with Gasteiger partial charge < -0.3 is 10.2 Å². The van der Waals surface area contributed by atoms with Gasteiger partial charge in [-0.3, -0.25) is 15.1 Å². The lowest BCUT2D eigenvalue weighted by molar-refractivity contribution is -0.385. The number of rotatable bonds is 3. The first-order valence-electron chi connectivity index (χ1n) is 7.00.